The smallest absolute Gasteiger partial charge is 0.0473 e. The summed E-state index contributed by atoms with van der Waals surface area (Å²) in [4.78, 5) is 4.96. The first-order valence-electron chi connectivity index (χ1n) is 7.26. The van der Waals surface area contributed by atoms with Gasteiger partial charge in [0.15, 0.2) is 0 Å². The fraction of sp³-hybridized carbons (Fsp3) is 0.333. The van der Waals surface area contributed by atoms with Crippen molar-refractivity contribution in [1.82, 2.24) is 9.80 Å². The molecule has 1 heterocycles. The van der Waals surface area contributed by atoms with Gasteiger partial charge in [0.1, 0.15) is 0 Å². The van der Waals surface area contributed by atoms with Crippen molar-refractivity contribution in [2.24, 2.45) is 0 Å². The molecule has 0 aromatic heterocycles. The van der Waals surface area contributed by atoms with E-state index in [2.05, 4.69) is 84.6 Å². The van der Waals surface area contributed by atoms with E-state index in [9.17, 15) is 0 Å². The second kappa shape index (κ2) is 5.78. The lowest BCUT2D eigenvalue weighted by atomic mass is 9.97. The lowest BCUT2D eigenvalue weighted by molar-refractivity contribution is 0.0623. The fourth-order valence-corrected chi connectivity index (χ4v) is 3.15. The van der Waals surface area contributed by atoms with Gasteiger partial charge in [-0.25, -0.2) is 0 Å². The fourth-order valence-electron chi connectivity index (χ4n) is 3.15. The van der Waals surface area contributed by atoms with Crippen LogP contribution in [0.4, 0.5) is 0 Å². The zero-order valence-electron chi connectivity index (χ0n) is 12.2. The molecule has 2 nitrogen and oxygen atoms in total. The minimum atomic E-state index is 0.487. The van der Waals surface area contributed by atoms with Gasteiger partial charge in [0.25, 0.3) is 0 Å². The van der Waals surface area contributed by atoms with Gasteiger partial charge in [-0.05, 0) is 25.2 Å². The molecule has 2 atom stereocenters. The van der Waals surface area contributed by atoms with Crippen molar-refractivity contribution in [2.45, 2.75) is 12.1 Å². The highest BCUT2D eigenvalue weighted by Gasteiger charge is 2.31. The molecule has 0 spiro atoms. The molecule has 1 aliphatic rings. The Morgan fingerprint density at radius 2 is 1.00 bits per heavy atom. The molecule has 1 saturated heterocycles. The zero-order valence-corrected chi connectivity index (χ0v) is 12.2. The van der Waals surface area contributed by atoms with Crippen molar-refractivity contribution in [3.05, 3.63) is 71.8 Å². The van der Waals surface area contributed by atoms with Gasteiger partial charge in [-0.2, -0.15) is 0 Å². The van der Waals surface area contributed by atoms with Crippen LogP contribution in [-0.2, 0) is 0 Å². The second-order valence-corrected chi connectivity index (χ2v) is 5.73. The molecule has 1 fully saturated rings. The maximum atomic E-state index is 2.48. The Hall–Kier alpha value is -1.64. The normalized spacial score (nSPS) is 24.7. The van der Waals surface area contributed by atoms with Crippen molar-refractivity contribution < 1.29 is 0 Å². The van der Waals surface area contributed by atoms with Crippen molar-refractivity contribution in [2.75, 3.05) is 27.2 Å². The molecule has 2 heteroatoms. The van der Waals surface area contributed by atoms with Gasteiger partial charge in [-0.1, -0.05) is 60.7 Å². The molecule has 0 aliphatic carbocycles. The van der Waals surface area contributed by atoms with Gasteiger partial charge in [0.05, 0.1) is 0 Å². The van der Waals surface area contributed by atoms with Gasteiger partial charge < -0.3 is 0 Å². The summed E-state index contributed by atoms with van der Waals surface area (Å²) in [5.74, 6) is 0. The van der Waals surface area contributed by atoms with Crippen LogP contribution in [0, 0.1) is 0 Å². The molecular weight excluding hydrogens is 244 g/mol. The van der Waals surface area contributed by atoms with Gasteiger partial charge in [0.2, 0.25) is 0 Å². The van der Waals surface area contributed by atoms with E-state index in [1.54, 1.807) is 0 Å². The Bertz CT molecular complexity index is 486. The highest BCUT2D eigenvalue weighted by Crippen LogP contribution is 2.32. The predicted octanol–water partition coefficient (Wildman–Crippen LogP) is 3.35. The maximum absolute atomic E-state index is 2.48. The summed E-state index contributed by atoms with van der Waals surface area (Å²) in [6.07, 6.45) is 0. The molecule has 0 bridgehead atoms. The minimum absolute atomic E-state index is 0.487. The van der Waals surface area contributed by atoms with Crippen LogP contribution in [-0.4, -0.2) is 37.0 Å². The molecular formula is C18H22N2. The van der Waals surface area contributed by atoms with Gasteiger partial charge in [-0.3, -0.25) is 9.80 Å². The lowest BCUT2D eigenvalue weighted by Crippen LogP contribution is -2.46. The molecule has 1 aliphatic heterocycles. The van der Waals surface area contributed by atoms with E-state index in [-0.39, 0.29) is 0 Å². The summed E-state index contributed by atoms with van der Waals surface area (Å²) in [5, 5.41) is 0. The summed E-state index contributed by atoms with van der Waals surface area (Å²) in [6, 6.07) is 22.6. The first-order chi connectivity index (χ1) is 9.75. The summed E-state index contributed by atoms with van der Waals surface area (Å²) in [7, 11) is 4.47. The monoisotopic (exact) mass is 266 g/mol. The summed E-state index contributed by atoms with van der Waals surface area (Å²) in [6.45, 7) is 2.14. The van der Waals surface area contributed by atoms with Crippen LogP contribution in [0.1, 0.15) is 23.2 Å². The lowest BCUT2D eigenvalue weighted by Gasteiger charge is -2.43. The van der Waals surface area contributed by atoms with Crippen LogP contribution >= 0.6 is 0 Å². The van der Waals surface area contributed by atoms with Crippen LogP contribution in [0.2, 0.25) is 0 Å². The summed E-state index contributed by atoms with van der Waals surface area (Å²) in [5.41, 5.74) is 2.82. The summed E-state index contributed by atoms with van der Waals surface area (Å²) < 4.78 is 0. The molecule has 20 heavy (non-hydrogen) atoms. The molecule has 0 N–H and O–H groups in total. The number of piperazine rings is 1. The molecule has 0 radical (unpaired) electrons. The highest BCUT2D eigenvalue weighted by atomic mass is 15.3. The van der Waals surface area contributed by atoms with Gasteiger partial charge in [0, 0.05) is 25.2 Å². The number of benzene rings is 2. The van der Waals surface area contributed by atoms with Crippen molar-refractivity contribution >= 4 is 0 Å². The minimum Gasteiger partial charge on any atom is -0.296 e. The summed E-state index contributed by atoms with van der Waals surface area (Å²) >= 11 is 0. The maximum Gasteiger partial charge on any atom is 0.0473 e. The highest BCUT2D eigenvalue weighted by molar-refractivity contribution is 5.23. The first-order valence-corrected chi connectivity index (χ1v) is 7.26. The molecule has 0 amide bonds. The number of rotatable bonds is 2. The number of hydrogen-bond acceptors (Lipinski definition) is 2. The Morgan fingerprint density at radius 3 is 1.35 bits per heavy atom. The SMILES string of the molecule is CN1CC(c2ccccc2)N(C)CC1c1ccccc1. The largest absolute Gasteiger partial charge is 0.296 e. The average molecular weight is 266 g/mol. The van der Waals surface area contributed by atoms with Crippen LogP contribution in [0.15, 0.2) is 60.7 Å². The number of likely N-dealkylation sites (N-methyl/N-ethyl adjacent to an activating group) is 2. The molecule has 104 valence electrons. The van der Waals surface area contributed by atoms with E-state index >= 15 is 0 Å². The van der Waals surface area contributed by atoms with Crippen LogP contribution in [0.3, 0.4) is 0 Å². The van der Waals surface area contributed by atoms with Gasteiger partial charge >= 0.3 is 0 Å². The average Bonchev–Trinajstić information content (AvgIpc) is 2.51. The van der Waals surface area contributed by atoms with E-state index in [0.717, 1.165) is 13.1 Å². The van der Waals surface area contributed by atoms with Crippen LogP contribution in [0.25, 0.3) is 0 Å². The van der Waals surface area contributed by atoms with Crippen LogP contribution < -0.4 is 0 Å². The van der Waals surface area contributed by atoms with Crippen molar-refractivity contribution in [3.63, 3.8) is 0 Å². The Morgan fingerprint density at radius 1 is 0.650 bits per heavy atom. The zero-order chi connectivity index (χ0) is 13.9. The first kappa shape index (κ1) is 13.3. The third kappa shape index (κ3) is 2.62. The van der Waals surface area contributed by atoms with Crippen molar-refractivity contribution in [3.8, 4) is 0 Å². The predicted molar refractivity (Wildman–Crippen MR) is 83.6 cm³/mol. The van der Waals surface area contributed by atoms with Gasteiger partial charge in [-0.15, -0.1) is 0 Å². The number of hydrogen-bond donors (Lipinski definition) is 0. The van der Waals surface area contributed by atoms with E-state index < -0.39 is 0 Å². The third-order valence-corrected chi connectivity index (χ3v) is 4.35. The Balaban J connectivity index is 1.80. The molecule has 2 aromatic carbocycles. The second-order valence-electron chi connectivity index (χ2n) is 5.73. The molecule has 2 unspecified atom stereocenters. The quantitative estimate of drug-likeness (QED) is 0.822. The Labute approximate surface area is 121 Å². The molecule has 0 saturated carbocycles. The van der Waals surface area contributed by atoms with Crippen LogP contribution in [0.5, 0.6) is 0 Å². The third-order valence-electron chi connectivity index (χ3n) is 4.35. The topological polar surface area (TPSA) is 6.48 Å². The van der Waals surface area contributed by atoms with E-state index in [4.69, 9.17) is 0 Å². The van der Waals surface area contributed by atoms with E-state index in [1.807, 2.05) is 0 Å². The van der Waals surface area contributed by atoms with Crippen molar-refractivity contribution in [1.29, 1.82) is 0 Å². The standard InChI is InChI=1S/C18H22N2/c1-19-13-18(16-11-7-4-8-12-16)20(2)14-17(19)15-9-5-3-6-10-15/h3-12,17-18H,13-14H2,1-2H3. The van der Waals surface area contributed by atoms with E-state index in [1.165, 1.54) is 11.1 Å². The number of nitrogens with zero attached hydrogens (tertiary/aromatic N) is 2. The molecule has 3 rings (SSSR count). The molecule has 2 aromatic rings. The Kier molecular flexibility index (Phi) is 3.86. The van der Waals surface area contributed by atoms with E-state index in [0.29, 0.717) is 12.1 Å².